The zero-order valence-electron chi connectivity index (χ0n) is 22.3. The summed E-state index contributed by atoms with van der Waals surface area (Å²) in [6.07, 6.45) is 4.28. The maximum absolute atomic E-state index is 14.1. The van der Waals surface area contributed by atoms with Gasteiger partial charge in [-0.2, -0.15) is 0 Å². The number of urea groups is 1. The highest BCUT2D eigenvalue weighted by molar-refractivity contribution is 5.93. The van der Waals surface area contributed by atoms with Crippen molar-refractivity contribution in [2.75, 3.05) is 43.5 Å². The second-order valence-electron chi connectivity index (χ2n) is 10.2. The van der Waals surface area contributed by atoms with E-state index in [-0.39, 0.29) is 36.2 Å². The number of halogens is 2. The van der Waals surface area contributed by atoms with Crippen LogP contribution in [-0.4, -0.2) is 71.0 Å². The van der Waals surface area contributed by atoms with Crippen LogP contribution in [0, 0.1) is 5.82 Å². The number of hydrogen-bond acceptors (Lipinski definition) is 6. The summed E-state index contributed by atoms with van der Waals surface area (Å²) in [5.41, 5.74) is 3.77. The fraction of sp³-hybridized carbons (Fsp3) is 0.379. The fourth-order valence-electron chi connectivity index (χ4n) is 5.85. The van der Waals surface area contributed by atoms with Crippen LogP contribution < -0.4 is 15.0 Å². The molecular formula is C29H32ClFN6O3. The molecule has 0 atom stereocenters. The van der Waals surface area contributed by atoms with Gasteiger partial charge < -0.3 is 24.8 Å². The van der Waals surface area contributed by atoms with E-state index in [1.807, 2.05) is 29.2 Å². The number of nitrogens with zero attached hydrogens (tertiary/aromatic N) is 5. The quantitative estimate of drug-likeness (QED) is 0.506. The van der Waals surface area contributed by atoms with Crippen LogP contribution in [0.1, 0.15) is 40.0 Å². The molecule has 1 saturated heterocycles. The van der Waals surface area contributed by atoms with Gasteiger partial charge in [-0.25, -0.2) is 19.2 Å². The molecule has 4 heterocycles. The van der Waals surface area contributed by atoms with Gasteiger partial charge in [0, 0.05) is 50.5 Å². The monoisotopic (exact) mass is 566 g/mol. The van der Waals surface area contributed by atoms with Crippen molar-refractivity contribution >= 4 is 35.9 Å². The summed E-state index contributed by atoms with van der Waals surface area (Å²) in [7, 11) is 1.64. The highest BCUT2D eigenvalue weighted by atomic mass is 35.5. The third-order valence-electron chi connectivity index (χ3n) is 8.03. The van der Waals surface area contributed by atoms with Crippen LogP contribution >= 0.6 is 12.4 Å². The highest BCUT2D eigenvalue weighted by Crippen LogP contribution is 2.29. The lowest BCUT2D eigenvalue weighted by molar-refractivity contribution is 0.0727. The summed E-state index contributed by atoms with van der Waals surface area (Å²) >= 11 is 0. The number of ether oxygens (including phenoxy) is 1. The number of nitrogens with one attached hydrogen (secondary N) is 1. The Labute approximate surface area is 238 Å². The molecule has 0 bridgehead atoms. The van der Waals surface area contributed by atoms with Gasteiger partial charge in [0.15, 0.2) is 0 Å². The number of methoxy groups -OCH3 is 1. The number of rotatable bonds is 4. The Balaban J connectivity index is 0.00000323. The highest BCUT2D eigenvalue weighted by Gasteiger charge is 2.31. The molecule has 0 unspecified atom stereocenters. The average Bonchev–Trinajstić information content (AvgIpc) is 3.14. The number of carbonyl (C=O) groups excluding carboxylic acids is 2. The first kappa shape index (κ1) is 27.6. The maximum atomic E-state index is 14.1. The largest absolute Gasteiger partial charge is 0.497 e. The van der Waals surface area contributed by atoms with Crippen molar-refractivity contribution < 1.29 is 18.7 Å². The molecule has 0 saturated carbocycles. The van der Waals surface area contributed by atoms with Gasteiger partial charge >= 0.3 is 6.03 Å². The number of piperidine rings is 1. The number of hydrogen-bond donors (Lipinski definition) is 1. The summed E-state index contributed by atoms with van der Waals surface area (Å²) in [4.78, 5) is 40.8. The van der Waals surface area contributed by atoms with Crippen molar-refractivity contribution in [3.63, 3.8) is 0 Å². The molecule has 0 spiro atoms. The van der Waals surface area contributed by atoms with Gasteiger partial charge in [-0.05, 0) is 66.6 Å². The fourth-order valence-corrected chi connectivity index (χ4v) is 5.85. The van der Waals surface area contributed by atoms with Gasteiger partial charge in [0.1, 0.15) is 29.4 Å². The van der Waals surface area contributed by atoms with Gasteiger partial charge in [0.2, 0.25) is 0 Å². The standard InChI is InChI=1S/C29H31FN6O3.ClH/c1-39-22-5-6-25-19(15-22)7-14-36(29(38)33-25)21-8-11-34(12-9-21)27-16-26(31-18-32-27)28(37)35-13-10-23-20(17-35)3-2-4-24(23)30;/h2-6,15-16,18,21H,7-14,17H2,1H3,(H,33,38);1H. The van der Waals surface area contributed by atoms with Gasteiger partial charge in [0.05, 0.1) is 7.11 Å². The molecule has 3 aromatic rings. The molecule has 3 aliphatic rings. The topological polar surface area (TPSA) is 90.9 Å². The summed E-state index contributed by atoms with van der Waals surface area (Å²) < 4.78 is 19.4. The first-order chi connectivity index (χ1) is 19.0. The number of anilines is 2. The van der Waals surface area contributed by atoms with Crippen molar-refractivity contribution in [2.24, 2.45) is 0 Å². The van der Waals surface area contributed by atoms with E-state index in [1.54, 1.807) is 24.1 Å². The average molecular weight is 567 g/mol. The van der Waals surface area contributed by atoms with Crippen LogP contribution in [0.15, 0.2) is 48.8 Å². The minimum absolute atomic E-state index is 0. The third kappa shape index (κ3) is 5.40. The number of aromatic nitrogens is 2. The Kier molecular flexibility index (Phi) is 8.07. The number of amides is 3. The van der Waals surface area contributed by atoms with Gasteiger partial charge in [0.25, 0.3) is 5.91 Å². The Morgan fingerprint density at radius 2 is 1.85 bits per heavy atom. The van der Waals surface area contributed by atoms with Gasteiger partial charge in [-0.15, -0.1) is 12.4 Å². The van der Waals surface area contributed by atoms with Crippen molar-refractivity contribution in [1.82, 2.24) is 19.8 Å². The molecule has 1 fully saturated rings. The van der Waals surface area contributed by atoms with E-state index in [4.69, 9.17) is 4.74 Å². The summed E-state index contributed by atoms with van der Waals surface area (Å²) in [5.74, 6) is 1.09. The van der Waals surface area contributed by atoms with Crippen LogP contribution in [0.5, 0.6) is 5.75 Å². The minimum Gasteiger partial charge on any atom is -0.497 e. The molecular weight excluding hydrogens is 535 g/mol. The Hall–Kier alpha value is -3.92. The Morgan fingerprint density at radius 3 is 2.65 bits per heavy atom. The van der Waals surface area contributed by atoms with Gasteiger partial charge in [-0.3, -0.25) is 4.79 Å². The lowest BCUT2D eigenvalue weighted by Crippen LogP contribution is -2.49. The predicted octanol–water partition coefficient (Wildman–Crippen LogP) is 4.30. The Bertz CT molecular complexity index is 1410. The zero-order chi connectivity index (χ0) is 26.9. The molecule has 40 heavy (non-hydrogen) atoms. The number of carbonyl (C=O) groups is 2. The molecule has 2 aromatic carbocycles. The number of benzene rings is 2. The predicted molar refractivity (Wildman–Crippen MR) is 152 cm³/mol. The lowest BCUT2D eigenvalue weighted by Gasteiger charge is -2.38. The van der Waals surface area contributed by atoms with E-state index in [0.29, 0.717) is 43.1 Å². The van der Waals surface area contributed by atoms with Crippen molar-refractivity contribution in [3.05, 3.63) is 77.0 Å². The zero-order valence-corrected chi connectivity index (χ0v) is 23.1. The number of fused-ring (bicyclic) bond motifs is 2. The van der Waals surface area contributed by atoms with E-state index >= 15 is 0 Å². The molecule has 3 aliphatic heterocycles. The van der Waals surface area contributed by atoms with Crippen LogP contribution in [0.25, 0.3) is 0 Å². The molecule has 9 nitrogen and oxygen atoms in total. The minimum atomic E-state index is -0.213. The van der Waals surface area contributed by atoms with Crippen molar-refractivity contribution in [2.45, 2.75) is 38.3 Å². The van der Waals surface area contributed by atoms with E-state index in [9.17, 15) is 14.0 Å². The van der Waals surface area contributed by atoms with Crippen LogP contribution in [-0.2, 0) is 19.4 Å². The van der Waals surface area contributed by atoms with Crippen LogP contribution in [0.3, 0.4) is 0 Å². The molecule has 1 N–H and O–H groups in total. The molecule has 210 valence electrons. The SMILES string of the molecule is COc1ccc2c(c1)CCN(C1CCN(c3cc(C(=O)N4CCc5c(F)cccc5C4)ncn3)CC1)C(=O)N2.Cl. The molecule has 0 aliphatic carbocycles. The maximum Gasteiger partial charge on any atom is 0.322 e. The third-order valence-corrected chi connectivity index (χ3v) is 8.03. The molecule has 0 radical (unpaired) electrons. The van der Waals surface area contributed by atoms with E-state index in [0.717, 1.165) is 54.9 Å². The van der Waals surface area contributed by atoms with Crippen LogP contribution in [0.4, 0.5) is 20.7 Å². The van der Waals surface area contributed by atoms with E-state index in [1.165, 1.54) is 12.4 Å². The molecule has 6 rings (SSSR count). The van der Waals surface area contributed by atoms with Gasteiger partial charge in [-0.1, -0.05) is 12.1 Å². The van der Waals surface area contributed by atoms with Crippen molar-refractivity contribution in [3.8, 4) is 5.75 Å². The smallest absolute Gasteiger partial charge is 0.322 e. The van der Waals surface area contributed by atoms with Crippen LogP contribution in [0.2, 0.25) is 0 Å². The second kappa shape index (κ2) is 11.7. The normalized spacial score (nSPS) is 17.2. The summed E-state index contributed by atoms with van der Waals surface area (Å²) in [5, 5.41) is 3.06. The molecule has 3 amide bonds. The van der Waals surface area contributed by atoms with E-state index in [2.05, 4.69) is 20.2 Å². The van der Waals surface area contributed by atoms with Crippen molar-refractivity contribution in [1.29, 1.82) is 0 Å². The van der Waals surface area contributed by atoms with E-state index < -0.39 is 0 Å². The summed E-state index contributed by atoms with van der Waals surface area (Å²) in [6.45, 7) is 2.90. The Morgan fingerprint density at radius 1 is 1.02 bits per heavy atom. The first-order valence-electron chi connectivity index (χ1n) is 13.4. The summed E-state index contributed by atoms with van der Waals surface area (Å²) in [6, 6.07) is 12.5. The lowest BCUT2D eigenvalue weighted by atomic mass is 9.99. The second-order valence-corrected chi connectivity index (χ2v) is 10.2. The first-order valence-corrected chi connectivity index (χ1v) is 13.4. The molecule has 1 aromatic heterocycles. The molecule has 11 heteroatoms.